The average Bonchev–Trinajstić information content (AvgIpc) is 2.69. The number of fused-ring (bicyclic) bond motifs is 1. The molecule has 4 nitrogen and oxygen atoms in total. The number of nitrogens with zero attached hydrogens (tertiary/aromatic N) is 1. The smallest absolute Gasteiger partial charge is 0.340 e. The van der Waals surface area contributed by atoms with Gasteiger partial charge in [-0.15, -0.1) is 0 Å². The van der Waals surface area contributed by atoms with Crippen molar-refractivity contribution >= 4 is 11.7 Å². The lowest BCUT2D eigenvalue weighted by Gasteiger charge is -2.13. The Hall–Kier alpha value is -2.36. The summed E-state index contributed by atoms with van der Waals surface area (Å²) in [5.74, 6) is -0.290. The molecule has 3 rings (SSSR count). The van der Waals surface area contributed by atoms with Gasteiger partial charge in [-0.1, -0.05) is 18.2 Å². The molecular formula is C13H10N2O2. The maximum Gasteiger partial charge on any atom is 0.340 e. The summed E-state index contributed by atoms with van der Waals surface area (Å²) in [6, 6.07) is 11.1. The second-order valence-electron chi connectivity index (χ2n) is 3.76. The molecule has 1 aromatic heterocycles. The standard InChI is InChI=1S/C13H10N2O2/c16-13-11-6-2-1-5-10(11)12(17-13)15-9-4-3-7-14-8-9/h1-8,12,15H. The van der Waals surface area contributed by atoms with Gasteiger partial charge in [-0.3, -0.25) is 4.98 Å². The van der Waals surface area contributed by atoms with Gasteiger partial charge in [0.1, 0.15) is 0 Å². The molecule has 0 fully saturated rings. The van der Waals surface area contributed by atoms with E-state index < -0.39 is 6.23 Å². The topological polar surface area (TPSA) is 51.2 Å². The minimum Gasteiger partial charge on any atom is -0.434 e. The van der Waals surface area contributed by atoms with Crippen molar-refractivity contribution in [3.8, 4) is 0 Å². The van der Waals surface area contributed by atoms with E-state index in [9.17, 15) is 4.79 Å². The van der Waals surface area contributed by atoms with Crippen LogP contribution in [0.4, 0.5) is 5.69 Å². The molecule has 1 unspecified atom stereocenters. The van der Waals surface area contributed by atoms with Crippen molar-refractivity contribution < 1.29 is 9.53 Å². The number of hydrogen-bond donors (Lipinski definition) is 1. The van der Waals surface area contributed by atoms with E-state index in [1.807, 2.05) is 30.3 Å². The molecule has 2 aromatic rings. The highest BCUT2D eigenvalue weighted by molar-refractivity contribution is 5.94. The van der Waals surface area contributed by atoms with E-state index in [4.69, 9.17) is 4.74 Å². The summed E-state index contributed by atoms with van der Waals surface area (Å²) in [6.45, 7) is 0. The molecule has 1 N–H and O–H groups in total. The zero-order chi connectivity index (χ0) is 11.7. The lowest BCUT2D eigenvalue weighted by atomic mass is 10.1. The van der Waals surface area contributed by atoms with E-state index in [2.05, 4.69) is 10.3 Å². The van der Waals surface area contributed by atoms with Crippen molar-refractivity contribution in [2.45, 2.75) is 6.23 Å². The van der Waals surface area contributed by atoms with Crippen molar-refractivity contribution in [2.75, 3.05) is 5.32 Å². The van der Waals surface area contributed by atoms with Gasteiger partial charge in [0.2, 0.25) is 6.23 Å². The zero-order valence-electron chi connectivity index (χ0n) is 8.96. The molecular weight excluding hydrogens is 216 g/mol. The van der Waals surface area contributed by atoms with Crippen LogP contribution in [-0.2, 0) is 4.74 Å². The summed E-state index contributed by atoms with van der Waals surface area (Å²) < 4.78 is 5.26. The molecule has 0 amide bonds. The van der Waals surface area contributed by atoms with Gasteiger partial charge in [0, 0.05) is 11.8 Å². The van der Waals surface area contributed by atoms with Crippen molar-refractivity contribution in [2.24, 2.45) is 0 Å². The first kappa shape index (κ1) is 9.84. The van der Waals surface area contributed by atoms with Crippen LogP contribution in [0.25, 0.3) is 0 Å². The van der Waals surface area contributed by atoms with Crippen LogP contribution in [0.1, 0.15) is 22.1 Å². The van der Waals surface area contributed by atoms with E-state index >= 15 is 0 Å². The summed E-state index contributed by atoms with van der Waals surface area (Å²) in [5.41, 5.74) is 2.30. The van der Waals surface area contributed by atoms with E-state index in [1.54, 1.807) is 18.5 Å². The maximum atomic E-state index is 11.6. The highest BCUT2D eigenvalue weighted by atomic mass is 16.6. The Morgan fingerprint density at radius 1 is 1.18 bits per heavy atom. The molecule has 1 aliphatic rings. The molecule has 1 atom stereocenters. The number of nitrogens with one attached hydrogen (secondary N) is 1. The number of hydrogen-bond acceptors (Lipinski definition) is 4. The van der Waals surface area contributed by atoms with E-state index in [0.29, 0.717) is 5.56 Å². The molecule has 2 heterocycles. The fourth-order valence-corrected chi connectivity index (χ4v) is 1.85. The van der Waals surface area contributed by atoms with Gasteiger partial charge in [0.15, 0.2) is 0 Å². The van der Waals surface area contributed by atoms with Crippen molar-refractivity contribution in [1.29, 1.82) is 0 Å². The van der Waals surface area contributed by atoms with Crippen molar-refractivity contribution in [3.05, 3.63) is 59.9 Å². The Balaban J connectivity index is 1.90. The molecule has 17 heavy (non-hydrogen) atoms. The van der Waals surface area contributed by atoms with Gasteiger partial charge in [0.05, 0.1) is 17.4 Å². The Kier molecular flexibility index (Phi) is 2.26. The number of pyridine rings is 1. The molecule has 0 radical (unpaired) electrons. The Morgan fingerprint density at radius 2 is 2.06 bits per heavy atom. The molecule has 4 heteroatoms. The van der Waals surface area contributed by atoms with Crippen LogP contribution in [0, 0.1) is 0 Å². The van der Waals surface area contributed by atoms with Crippen LogP contribution in [0.2, 0.25) is 0 Å². The molecule has 84 valence electrons. The first-order chi connectivity index (χ1) is 8.34. The lowest BCUT2D eigenvalue weighted by Crippen LogP contribution is -2.10. The number of benzene rings is 1. The largest absolute Gasteiger partial charge is 0.434 e. The Labute approximate surface area is 98.3 Å². The quantitative estimate of drug-likeness (QED) is 0.799. The van der Waals surface area contributed by atoms with Crippen LogP contribution < -0.4 is 5.32 Å². The highest BCUT2D eigenvalue weighted by Crippen LogP contribution is 2.30. The van der Waals surface area contributed by atoms with Gasteiger partial charge in [0.25, 0.3) is 0 Å². The Bertz CT molecular complexity index is 554. The third-order valence-corrected chi connectivity index (χ3v) is 2.65. The van der Waals surface area contributed by atoms with E-state index in [0.717, 1.165) is 11.3 Å². The number of aromatic nitrogens is 1. The number of carbonyl (C=O) groups is 1. The number of cyclic esters (lactones) is 1. The highest BCUT2D eigenvalue weighted by Gasteiger charge is 2.30. The number of esters is 1. The van der Waals surface area contributed by atoms with Gasteiger partial charge in [-0.05, 0) is 18.2 Å². The van der Waals surface area contributed by atoms with Crippen LogP contribution in [0.5, 0.6) is 0 Å². The first-order valence-electron chi connectivity index (χ1n) is 5.31. The summed E-state index contributed by atoms with van der Waals surface area (Å²) in [5, 5.41) is 3.12. The molecule has 0 saturated carbocycles. The fourth-order valence-electron chi connectivity index (χ4n) is 1.85. The molecule has 0 bridgehead atoms. The number of anilines is 1. The van der Waals surface area contributed by atoms with Crippen LogP contribution in [-0.4, -0.2) is 11.0 Å². The molecule has 0 saturated heterocycles. The summed E-state index contributed by atoms with van der Waals surface area (Å²) in [7, 11) is 0. The van der Waals surface area contributed by atoms with Crippen molar-refractivity contribution in [3.63, 3.8) is 0 Å². The average molecular weight is 226 g/mol. The summed E-state index contributed by atoms with van der Waals surface area (Å²) >= 11 is 0. The summed E-state index contributed by atoms with van der Waals surface area (Å²) in [4.78, 5) is 15.6. The first-order valence-corrected chi connectivity index (χ1v) is 5.31. The van der Waals surface area contributed by atoms with Gasteiger partial charge in [-0.25, -0.2) is 4.79 Å². The predicted octanol–water partition coefficient (Wildman–Crippen LogP) is 2.36. The third kappa shape index (κ3) is 1.73. The second kappa shape index (κ2) is 3.90. The van der Waals surface area contributed by atoms with Crippen molar-refractivity contribution in [1.82, 2.24) is 4.98 Å². The van der Waals surface area contributed by atoms with E-state index in [1.165, 1.54) is 0 Å². The molecule has 0 spiro atoms. The minimum absolute atomic E-state index is 0.290. The van der Waals surface area contributed by atoms with Gasteiger partial charge in [-0.2, -0.15) is 0 Å². The number of rotatable bonds is 2. The molecule has 1 aromatic carbocycles. The Morgan fingerprint density at radius 3 is 2.88 bits per heavy atom. The maximum absolute atomic E-state index is 11.6. The number of carbonyl (C=O) groups excluding carboxylic acids is 1. The van der Waals surface area contributed by atoms with Crippen LogP contribution in [0.3, 0.4) is 0 Å². The van der Waals surface area contributed by atoms with Gasteiger partial charge < -0.3 is 10.1 Å². The fraction of sp³-hybridized carbons (Fsp3) is 0.0769. The van der Waals surface area contributed by atoms with Crippen LogP contribution >= 0.6 is 0 Å². The zero-order valence-corrected chi connectivity index (χ0v) is 8.96. The minimum atomic E-state index is -0.428. The monoisotopic (exact) mass is 226 g/mol. The lowest BCUT2D eigenvalue weighted by molar-refractivity contribution is 0.0437. The molecule has 1 aliphatic heterocycles. The van der Waals surface area contributed by atoms with Crippen LogP contribution in [0.15, 0.2) is 48.8 Å². The summed E-state index contributed by atoms with van der Waals surface area (Å²) in [6.07, 6.45) is 2.96. The third-order valence-electron chi connectivity index (χ3n) is 2.65. The van der Waals surface area contributed by atoms with Gasteiger partial charge >= 0.3 is 5.97 Å². The van der Waals surface area contributed by atoms with E-state index in [-0.39, 0.29) is 5.97 Å². The normalized spacial score (nSPS) is 17.4. The SMILES string of the molecule is O=C1OC(Nc2cccnc2)c2ccccc21. The number of ether oxygens (including phenoxy) is 1. The molecule has 0 aliphatic carbocycles. The second-order valence-corrected chi connectivity index (χ2v) is 3.76. The predicted molar refractivity (Wildman–Crippen MR) is 62.5 cm³/mol.